The van der Waals surface area contributed by atoms with Crippen molar-refractivity contribution in [2.45, 2.75) is 13.5 Å². The number of carbonyl (C=O) groups is 3. The van der Waals surface area contributed by atoms with E-state index in [9.17, 15) is 14.4 Å². The zero-order valence-corrected chi connectivity index (χ0v) is 15.0. The van der Waals surface area contributed by atoms with Gasteiger partial charge in [-0.05, 0) is 12.5 Å². The molecule has 0 aliphatic carbocycles. The van der Waals surface area contributed by atoms with Crippen molar-refractivity contribution in [1.82, 2.24) is 15.1 Å². The van der Waals surface area contributed by atoms with Gasteiger partial charge in [0, 0.05) is 26.2 Å². The molecule has 1 N–H and O–H groups in total. The molecular weight excluding hydrogens is 338 g/mol. The third kappa shape index (κ3) is 6.36. The van der Waals surface area contributed by atoms with Gasteiger partial charge in [-0.2, -0.15) is 0 Å². The zero-order chi connectivity index (χ0) is 18.8. The first-order valence-corrected chi connectivity index (χ1v) is 8.70. The molecule has 1 saturated heterocycles. The third-order valence-electron chi connectivity index (χ3n) is 3.95. The van der Waals surface area contributed by atoms with E-state index in [1.165, 1.54) is 0 Å². The van der Waals surface area contributed by atoms with Crippen molar-refractivity contribution >= 4 is 18.0 Å². The lowest BCUT2D eigenvalue weighted by Crippen LogP contribution is -2.52. The van der Waals surface area contributed by atoms with E-state index in [0.29, 0.717) is 32.8 Å². The van der Waals surface area contributed by atoms with Crippen LogP contribution in [0, 0.1) is 0 Å². The molecule has 0 spiro atoms. The van der Waals surface area contributed by atoms with Crippen molar-refractivity contribution in [3.8, 4) is 0 Å². The molecule has 1 heterocycles. The molecule has 1 aliphatic heterocycles. The average molecular weight is 363 g/mol. The number of nitrogens with zero attached hydrogens (tertiary/aromatic N) is 2. The second-order valence-corrected chi connectivity index (χ2v) is 5.82. The van der Waals surface area contributed by atoms with E-state index in [0.717, 1.165) is 5.56 Å². The highest BCUT2D eigenvalue weighted by Crippen LogP contribution is 2.04. The van der Waals surface area contributed by atoms with Crippen LogP contribution in [0.15, 0.2) is 30.3 Å². The number of ether oxygens (including phenoxy) is 2. The van der Waals surface area contributed by atoms with Crippen LogP contribution in [-0.4, -0.2) is 73.6 Å². The summed E-state index contributed by atoms with van der Waals surface area (Å²) in [6, 6.07) is 9.40. The largest absolute Gasteiger partial charge is 0.460 e. The summed E-state index contributed by atoms with van der Waals surface area (Å²) in [5, 5.41) is 2.80. The molecule has 1 aromatic carbocycles. The number of hydrogen-bond acceptors (Lipinski definition) is 6. The van der Waals surface area contributed by atoms with Crippen LogP contribution in [0.2, 0.25) is 0 Å². The summed E-state index contributed by atoms with van der Waals surface area (Å²) in [6.07, 6.45) is -0.348. The van der Waals surface area contributed by atoms with E-state index in [1.807, 2.05) is 30.3 Å². The Kier molecular flexibility index (Phi) is 7.88. The van der Waals surface area contributed by atoms with Crippen molar-refractivity contribution in [3.63, 3.8) is 0 Å². The van der Waals surface area contributed by atoms with Gasteiger partial charge < -0.3 is 19.3 Å². The van der Waals surface area contributed by atoms with Crippen molar-refractivity contribution in [3.05, 3.63) is 35.9 Å². The minimum Gasteiger partial charge on any atom is -0.460 e. The molecular formula is C18H25N3O5. The minimum absolute atomic E-state index is 0.0264. The number of benzene rings is 1. The van der Waals surface area contributed by atoms with Crippen LogP contribution in [0.4, 0.5) is 4.79 Å². The maximum Gasteiger partial charge on any atom is 0.409 e. The van der Waals surface area contributed by atoms with Crippen LogP contribution in [0.5, 0.6) is 0 Å². The molecule has 1 aromatic rings. The van der Waals surface area contributed by atoms with Gasteiger partial charge in [0.05, 0.1) is 19.7 Å². The van der Waals surface area contributed by atoms with Crippen LogP contribution in [0.25, 0.3) is 0 Å². The van der Waals surface area contributed by atoms with E-state index in [4.69, 9.17) is 9.47 Å². The summed E-state index contributed by atoms with van der Waals surface area (Å²) >= 11 is 0. The highest BCUT2D eigenvalue weighted by molar-refractivity contribution is 5.80. The Morgan fingerprint density at radius 2 is 1.62 bits per heavy atom. The van der Waals surface area contributed by atoms with Crippen LogP contribution in [0.1, 0.15) is 12.5 Å². The average Bonchev–Trinajstić information content (AvgIpc) is 2.67. The molecule has 142 valence electrons. The number of rotatable bonds is 7. The van der Waals surface area contributed by atoms with E-state index in [1.54, 1.807) is 16.7 Å². The molecule has 0 unspecified atom stereocenters. The summed E-state index contributed by atoms with van der Waals surface area (Å²) in [7, 11) is 0. The molecule has 0 saturated carbocycles. The zero-order valence-electron chi connectivity index (χ0n) is 15.0. The highest BCUT2D eigenvalue weighted by atomic mass is 16.6. The second kappa shape index (κ2) is 10.4. The topological polar surface area (TPSA) is 88.2 Å². The number of carbonyl (C=O) groups excluding carboxylic acids is 3. The first-order chi connectivity index (χ1) is 12.6. The Labute approximate surface area is 153 Å². The summed E-state index contributed by atoms with van der Waals surface area (Å²) in [4.78, 5) is 38.7. The molecule has 0 radical (unpaired) electrons. The quantitative estimate of drug-likeness (QED) is 0.715. The molecule has 8 heteroatoms. The summed E-state index contributed by atoms with van der Waals surface area (Å²) in [6.45, 7) is 4.14. The number of piperazine rings is 1. The van der Waals surface area contributed by atoms with Gasteiger partial charge in [0.2, 0.25) is 5.91 Å². The maximum atomic E-state index is 12.1. The van der Waals surface area contributed by atoms with Crippen LogP contribution >= 0.6 is 0 Å². The van der Waals surface area contributed by atoms with Crippen molar-refractivity contribution in [2.24, 2.45) is 0 Å². The van der Waals surface area contributed by atoms with E-state index in [2.05, 4.69) is 5.32 Å². The van der Waals surface area contributed by atoms with Gasteiger partial charge in [-0.15, -0.1) is 0 Å². The fraction of sp³-hybridized carbons (Fsp3) is 0.500. The van der Waals surface area contributed by atoms with Gasteiger partial charge in [-0.25, -0.2) is 4.79 Å². The SMILES string of the molecule is CCOC(=O)N1CCN(C(=O)CNCC(=O)OCc2ccccc2)CC1. The Morgan fingerprint density at radius 1 is 0.962 bits per heavy atom. The van der Waals surface area contributed by atoms with E-state index < -0.39 is 5.97 Å². The summed E-state index contributed by atoms with van der Waals surface area (Å²) < 4.78 is 10.1. The lowest BCUT2D eigenvalue weighted by atomic mass is 10.2. The number of esters is 1. The Balaban J connectivity index is 1.60. The Morgan fingerprint density at radius 3 is 2.27 bits per heavy atom. The minimum atomic E-state index is -0.409. The van der Waals surface area contributed by atoms with E-state index in [-0.39, 0.29) is 31.7 Å². The van der Waals surface area contributed by atoms with Crippen LogP contribution in [-0.2, 0) is 25.7 Å². The first kappa shape index (κ1) is 19.7. The number of amides is 2. The Bertz CT molecular complexity index is 600. The first-order valence-electron chi connectivity index (χ1n) is 8.70. The van der Waals surface area contributed by atoms with Gasteiger partial charge in [0.15, 0.2) is 0 Å². The highest BCUT2D eigenvalue weighted by Gasteiger charge is 2.24. The summed E-state index contributed by atoms with van der Waals surface area (Å²) in [5.74, 6) is -0.516. The lowest BCUT2D eigenvalue weighted by Gasteiger charge is -2.34. The van der Waals surface area contributed by atoms with Crippen molar-refractivity contribution < 1.29 is 23.9 Å². The predicted molar refractivity (Wildman–Crippen MR) is 94.3 cm³/mol. The molecule has 0 aromatic heterocycles. The standard InChI is InChI=1S/C18H25N3O5/c1-2-25-18(24)21-10-8-20(9-11-21)16(22)12-19-13-17(23)26-14-15-6-4-3-5-7-15/h3-7,19H,2,8-14H2,1H3. The van der Waals surface area contributed by atoms with Crippen LogP contribution < -0.4 is 5.32 Å². The Hall–Kier alpha value is -2.61. The van der Waals surface area contributed by atoms with E-state index >= 15 is 0 Å². The normalized spacial score (nSPS) is 14.0. The molecule has 2 amide bonds. The molecule has 8 nitrogen and oxygen atoms in total. The smallest absolute Gasteiger partial charge is 0.409 e. The molecule has 1 fully saturated rings. The fourth-order valence-corrected chi connectivity index (χ4v) is 2.53. The van der Waals surface area contributed by atoms with Gasteiger partial charge >= 0.3 is 12.1 Å². The van der Waals surface area contributed by atoms with Gasteiger partial charge in [-0.3, -0.25) is 14.9 Å². The van der Waals surface area contributed by atoms with Crippen LogP contribution in [0.3, 0.4) is 0 Å². The lowest BCUT2D eigenvalue weighted by molar-refractivity contribution is -0.144. The van der Waals surface area contributed by atoms with Gasteiger partial charge in [0.1, 0.15) is 6.61 Å². The van der Waals surface area contributed by atoms with Gasteiger partial charge in [0.25, 0.3) is 0 Å². The molecule has 0 bridgehead atoms. The third-order valence-corrected chi connectivity index (χ3v) is 3.95. The number of hydrogen-bond donors (Lipinski definition) is 1. The second-order valence-electron chi connectivity index (χ2n) is 5.82. The maximum absolute atomic E-state index is 12.1. The molecule has 1 aliphatic rings. The summed E-state index contributed by atoms with van der Waals surface area (Å²) in [5.41, 5.74) is 0.913. The monoisotopic (exact) mass is 363 g/mol. The molecule has 26 heavy (non-hydrogen) atoms. The molecule has 0 atom stereocenters. The van der Waals surface area contributed by atoms with Gasteiger partial charge in [-0.1, -0.05) is 30.3 Å². The predicted octanol–water partition coefficient (Wildman–Crippen LogP) is 0.620. The molecule has 2 rings (SSSR count). The van der Waals surface area contributed by atoms with Crippen molar-refractivity contribution in [1.29, 1.82) is 0 Å². The van der Waals surface area contributed by atoms with Crippen molar-refractivity contribution in [2.75, 3.05) is 45.9 Å². The number of nitrogens with one attached hydrogen (secondary N) is 1. The fourth-order valence-electron chi connectivity index (χ4n) is 2.53.